The van der Waals surface area contributed by atoms with Crippen LogP contribution in [0.4, 0.5) is 11.4 Å². The van der Waals surface area contributed by atoms with Gasteiger partial charge in [0.1, 0.15) is 5.75 Å². The molecule has 0 saturated carbocycles. The van der Waals surface area contributed by atoms with Crippen LogP contribution in [0.5, 0.6) is 5.75 Å². The zero-order valence-electron chi connectivity index (χ0n) is 16.2. The SMILES string of the molecule is COc1ccc(NC(=O)COC(=O)CCC(=O)Nc2ccc(C)c(C)c2)cc1. The van der Waals surface area contributed by atoms with Crippen molar-refractivity contribution in [2.75, 3.05) is 24.4 Å². The molecule has 28 heavy (non-hydrogen) atoms. The van der Waals surface area contributed by atoms with Gasteiger partial charge in [-0.2, -0.15) is 0 Å². The largest absolute Gasteiger partial charge is 0.497 e. The van der Waals surface area contributed by atoms with Gasteiger partial charge in [-0.25, -0.2) is 0 Å². The number of aryl methyl sites for hydroxylation is 2. The predicted molar refractivity (Wildman–Crippen MR) is 106 cm³/mol. The maximum Gasteiger partial charge on any atom is 0.306 e. The topological polar surface area (TPSA) is 93.7 Å². The first-order valence-corrected chi connectivity index (χ1v) is 8.84. The van der Waals surface area contributed by atoms with E-state index in [2.05, 4.69) is 10.6 Å². The van der Waals surface area contributed by atoms with Crippen LogP contribution in [-0.2, 0) is 19.1 Å². The summed E-state index contributed by atoms with van der Waals surface area (Å²) in [6, 6.07) is 12.4. The molecule has 0 bridgehead atoms. The maximum atomic E-state index is 11.9. The molecule has 0 fully saturated rings. The summed E-state index contributed by atoms with van der Waals surface area (Å²) in [7, 11) is 1.55. The van der Waals surface area contributed by atoms with Gasteiger partial charge in [0.2, 0.25) is 5.91 Å². The van der Waals surface area contributed by atoms with E-state index in [0.717, 1.165) is 11.1 Å². The third kappa shape index (κ3) is 6.75. The number of carbonyl (C=O) groups excluding carboxylic acids is 3. The number of rotatable bonds is 8. The van der Waals surface area contributed by atoms with Gasteiger partial charge in [0.15, 0.2) is 6.61 Å². The zero-order chi connectivity index (χ0) is 20.5. The average molecular weight is 384 g/mol. The second-order valence-corrected chi connectivity index (χ2v) is 6.28. The van der Waals surface area contributed by atoms with Gasteiger partial charge in [-0.05, 0) is 61.4 Å². The molecule has 0 saturated heterocycles. The van der Waals surface area contributed by atoms with Crippen LogP contribution >= 0.6 is 0 Å². The molecule has 0 unspecified atom stereocenters. The first kappa shape index (κ1) is 21.0. The molecule has 0 aromatic heterocycles. The van der Waals surface area contributed by atoms with Gasteiger partial charge >= 0.3 is 5.97 Å². The average Bonchev–Trinajstić information content (AvgIpc) is 2.68. The van der Waals surface area contributed by atoms with Crippen molar-refractivity contribution in [1.82, 2.24) is 0 Å². The van der Waals surface area contributed by atoms with E-state index >= 15 is 0 Å². The molecule has 2 aromatic rings. The quantitative estimate of drug-likeness (QED) is 0.682. The van der Waals surface area contributed by atoms with E-state index < -0.39 is 18.5 Å². The van der Waals surface area contributed by atoms with Gasteiger partial charge in [0.05, 0.1) is 13.5 Å². The van der Waals surface area contributed by atoms with Gasteiger partial charge < -0.3 is 20.1 Å². The standard InChI is InChI=1S/C21H24N2O5/c1-14-4-5-17(12-15(14)2)23-19(24)10-11-21(26)28-13-20(25)22-16-6-8-18(27-3)9-7-16/h4-9,12H,10-11,13H2,1-3H3,(H,22,25)(H,23,24). The molecule has 148 valence electrons. The van der Waals surface area contributed by atoms with Crippen molar-refractivity contribution in [3.05, 3.63) is 53.6 Å². The second kappa shape index (κ2) is 10.1. The third-order valence-electron chi connectivity index (χ3n) is 4.08. The van der Waals surface area contributed by atoms with Gasteiger partial charge in [-0.1, -0.05) is 6.07 Å². The summed E-state index contributed by atoms with van der Waals surface area (Å²) in [5.74, 6) is -0.690. The summed E-state index contributed by atoms with van der Waals surface area (Å²) in [5.41, 5.74) is 3.45. The summed E-state index contributed by atoms with van der Waals surface area (Å²) < 4.78 is 9.93. The molecular weight excluding hydrogens is 360 g/mol. The number of carbonyl (C=O) groups is 3. The highest BCUT2D eigenvalue weighted by Gasteiger charge is 2.11. The Balaban J connectivity index is 1.69. The molecule has 7 nitrogen and oxygen atoms in total. The molecule has 2 N–H and O–H groups in total. The van der Waals surface area contributed by atoms with Crippen LogP contribution in [0.15, 0.2) is 42.5 Å². The molecular formula is C21H24N2O5. The van der Waals surface area contributed by atoms with Crippen LogP contribution in [-0.4, -0.2) is 31.5 Å². The van der Waals surface area contributed by atoms with E-state index in [9.17, 15) is 14.4 Å². The Kier molecular flexibility index (Phi) is 7.56. The first-order chi connectivity index (χ1) is 13.4. The zero-order valence-corrected chi connectivity index (χ0v) is 16.2. The van der Waals surface area contributed by atoms with E-state index in [1.165, 1.54) is 0 Å². The predicted octanol–water partition coefficient (Wildman–Crippen LogP) is 3.21. The van der Waals surface area contributed by atoms with Crippen molar-refractivity contribution in [3.63, 3.8) is 0 Å². The molecule has 0 radical (unpaired) electrons. The van der Waals surface area contributed by atoms with E-state index in [1.54, 1.807) is 31.4 Å². The van der Waals surface area contributed by atoms with E-state index in [0.29, 0.717) is 17.1 Å². The van der Waals surface area contributed by atoms with E-state index in [1.807, 2.05) is 32.0 Å². The number of benzene rings is 2. The molecule has 0 spiro atoms. The Hall–Kier alpha value is -3.35. The molecule has 0 aliphatic carbocycles. The summed E-state index contributed by atoms with van der Waals surface area (Å²) in [4.78, 5) is 35.5. The van der Waals surface area contributed by atoms with Crippen molar-refractivity contribution in [3.8, 4) is 5.75 Å². The molecule has 0 aliphatic heterocycles. The first-order valence-electron chi connectivity index (χ1n) is 8.84. The van der Waals surface area contributed by atoms with Crippen LogP contribution in [0.2, 0.25) is 0 Å². The highest BCUT2D eigenvalue weighted by atomic mass is 16.5. The maximum absolute atomic E-state index is 11.9. The van der Waals surface area contributed by atoms with Crippen molar-refractivity contribution in [1.29, 1.82) is 0 Å². The number of hydrogen-bond donors (Lipinski definition) is 2. The lowest BCUT2D eigenvalue weighted by Crippen LogP contribution is -2.21. The summed E-state index contributed by atoms with van der Waals surface area (Å²) in [5, 5.41) is 5.34. The lowest BCUT2D eigenvalue weighted by atomic mass is 10.1. The molecule has 0 heterocycles. The summed E-state index contributed by atoms with van der Waals surface area (Å²) in [6.45, 7) is 3.53. The van der Waals surface area contributed by atoms with Gasteiger partial charge in [-0.15, -0.1) is 0 Å². The van der Waals surface area contributed by atoms with Crippen LogP contribution in [0.25, 0.3) is 0 Å². The number of methoxy groups -OCH3 is 1. The van der Waals surface area contributed by atoms with Crippen LogP contribution in [0.3, 0.4) is 0 Å². The van der Waals surface area contributed by atoms with Crippen molar-refractivity contribution in [2.24, 2.45) is 0 Å². The van der Waals surface area contributed by atoms with E-state index in [4.69, 9.17) is 9.47 Å². The molecule has 2 rings (SSSR count). The lowest BCUT2D eigenvalue weighted by Gasteiger charge is -2.08. The number of amides is 2. The van der Waals surface area contributed by atoms with Crippen molar-refractivity contribution >= 4 is 29.2 Å². The molecule has 0 atom stereocenters. The van der Waals surface area contributed by atoms with Gasteiger partial charge in [-0.3, -0.25) is 14.4 Å². The number of esters is 1. The third-order valence-corrected chi connectivity index (χ3v) is 4.08. The fourth-order valence-corrected chi connectivity index (χ4v) is 2.35. The molecule has 7 heteroatoms. The van der Waals surface area contributed by atoms with Crippen molar-refractivity contribution < 1.29 is 23.9 Å². The van der Waals surface area contributed by atoms with Crippen molar-refractivity contribution in [2.45, 2.75) is 26.7 Å². The van der Waals surface area contributed by atoms with Crippen LogP contribution in [0.1, 0.15) is 24.0 Å². The normalized spacial score (nSPS) is 10.1. The Labute approximate surface area is 164 Å². The highest BCUT2D eigenvalue weighted by Crippen LogP contribution is 2.15. The minimum absolute atomic E-state index is 0.0220. The Morgan fingerprint density at radius 2 is 1.46 bits per heavy atom. The van der Waals surface area contributed by atoms with Crippen LogP contribution in [0, 0.1) is 13.8 Å². The van der Waals surface area contributed by atoms with E-state index in [-0.39, 0.29) is 18.7 Å². The fourth-order valence-electron chi connectivity index (χ4n) is 2.35. The minimum atomic E-state index is -0.611. The Bertz CT molecular complexity index is 846. The lowest BCUT2D eigenvalue weighted by molar-refractivity contribution is -0.147. The van der Waals surface area contributed by atoms with Gasteiger partial charge in [0.25, 0.3) is 5.91 Å². The molecule has 0 aliphatic rings. The molecule has 2 amide bonds. The smallest absolute Gasteiger partial charge is 0.306 e. The highest BCUT2D eigenvalue weighted by molar-refractivity contribution is 5.94. The Morgan fingerprint density at radius 1 is 0.821 bits per heavy atom. The number of nitrogens with one attached hydrogen (secondary N) is 2. The molecule has 2 aromatic carbocycles. The number of ether oxygens (including phenoxy) is 2. The number of hydrogen-bond acceptors (Lipinski definition) is 5. The monoisotopic (exact) mass is 384 g/mol. The summed E-state index contributed by atoms with van der Waals surface area (Å²) >= 11 is 0. The summed E-state index contributed by atoms with van der Waals surface area (Å²) in [6.07, 6.45) is -0.127. The fraction of sp³-hybridized carbons (Fsp3) is 0.286. The minimum Gasteiger partial charge on any atom is -0.497 e. The Morgan fingerprint density at radius 3 is 2.11 bits per heavy atom. The second-order valence-electron chi connectivity index (χ2n) is 6.28. The van der Waals surface area contributed by atoms with Crippen LogP contribution < -0.4 is 15.4 Å². The van der Waals surface area contributed by atoms with Gasteiger partial charge in [0, 0.05) is 17.8 Å². The number of anilines is 2.